The zero-order valence-corrected chi connectivity index (χ0v) is 68.9. The number of carbonyl (C=O) groups excluding carboxylic acids is 23. The second-order valence-corrected chi connectivity index (χ2v) is 27.7. The predicted molar refractivity (Wildman–Crippen MR) is 389 cm³/mol. The number of methoxy groups -OCH3 is 6. The van der Waals surface area contributed by atoms with Gasteiger partial charge in [-0.05, 0) is 83.1 Å². The Labute approximate surface area is 672 Å². The molecule has 2 aliphatic heterocycles. The van der Waals surface area contributed by atoms with Gasteiger partial charge >= 0.3 is 77.6 Å². The molecule has 0 aromatic rings. The standard InChI is InChI=1S/C19H27N3O10.C16H26N2O8.C15H24N2O8.C14H20N2O7.C6H11NO4/c1-19(2,3)31-16(27)8-5-12(23)20-9-15(26)21(10-17(28)30-4)11-18(29)32-22-13(24)6-7-14(22)25;1-16(2,3)26-13(21)7-6-11(19)17-8-12(20)18(9-14(22)24-4)10-15(23)25-5;1-15(2,3)25-13(22)6-5-10(18)16-7-11(19)17(8-12(20)21)9-14(23)24-4;1-14(2,3)22-12(20)7-4-9(17)15-8-13(21)23-16-10(18)5-6-11(16)19;1-10-5(8)3-7-4-6(9)11-2/h5-11H2,1-4H3,(H,20,23);6-10H2,1-5H3,(H,17,19);5-9H2,1-4H3,(H,16,18)(H,20,21);4-8H2,1-3H3,(H,15,17);7H,3-4H2,1-2H3. The molecule has 6 N–H and O–H groups in total. The van der Waals surface area contributed by atoms with Gasteiger partial charge in [0, 0.05) is 51.4 Å². The summed E-state index contributed by atoms with van der Waals surface area (Å²) in [6.45, 7) is 14.8. The summed E-state index contributed by atoms with van der Waals surface area (Å²) in [5.74, 6) is -16.7. The highest BCUT2D eigenvalue weighted by Crippen LogP contribution is 2.16. The van der Waals surface area contributed by atoms with Crippen LogP contribution in [0.3, 0.4) is 0 Å². The van der Waals surface area contributed by atoms with Crippen molar-refractivity contribution in [2.45, 2.75) is 183 Å². The fourth-order valence-electron chi connectivity index (χ4n) is 7.70. The fraction of sp³-hybridized carbons (Fsp3) is 0.657. The molecule has 0 aromatic heterocycles. The van der Waals surface area contributed by atoms with Crippen LogP contribution in [0.4, 0.5) is 0 Å². The number of esters is 10. The summed E-state index contributed by atoms with van der Waals surface area (Å²) in [6, 6.07) is 0. The van der Waals surface area contributed by atoms with E-state index < -0.39 is 230 Å². The van der Waals surface area contributed by atoms with E-state index in [1.54, 1.807) is 83.1 Å². The van der Waals surface area contributed by atoms with Crippen molar-refractivity contribution in [2.75, 3.05) is 121 Å². The van der Waals surface area contributed by atoms with Gasteiger partial charge in [-0.3, -0.25) is 111 Å². The Morgan fingerprint density at radius 1 is 0.291 bits per heavy atom. The molecule has 660 valence electrons. The second kappa shape index (κ2) is 56.0. The number of carboxylic acid groups (broad SMARTS) is 1. The van der Waals surface area contributed by atoms with Gasteiger partial charge in [-0.15, -0.1) is 10.1 Å². The summed E-state index contributed by atoms with van der Waals surface area (Å²) in [5, 5.41) is 21.1. The lowest BCUT2D eigenvalue weighted by Crippen LogP contribution is -2.46. The average Bonchev–Trinajstić information content (AvgIpc) is 1.74. The largest absolute Gasteiger partial charge is 0.480 e. The number of hydrogen-bond donors (Lipinski definition) is 6. The first-order chi connectivity index (χ1) is 54.0. The molecule has 2 saturated heterocycles. The lowest BCUT2D eigenvalue weighted by Gasteiger charge is -2.22. The van der Waals surface area contributed by atoms with Crippen LogP contribution >= 0.6 is 0 Å². The molecule has 117 heavy (non-hydrogen) atoms. The molecule has 2 rings (SSSR count). The smallest absolute Gasteiger partial charge is 0.352 e. The Balaban J connectivity index is -0.00000143. The Morgan fingerprint density at radius 3 is 0.726 bits per heavy atom. The maximum absolute atomic E-state index is 12.4. The molecule has 47 heteroatoms. The molecule has 47 nitrogen and oxygen atoms in total. The van der Waals surface area contributed by atoms with Crippen molar-refractivity contribution in [3.63, 3.8) is 0 Å². The predicted octanol–water partition coefficient (Wildman–Crippen LogP) is -3.70. The van der Waals surface area contributed by atoms with Crippen molar-refractivity contribution in [2.24, 2.45) is 0 Å². The quantitative estimate of drug-likeness (QED) is 0.0197. The number of hydrogen-bond acceptors (Lipinski definition) is 37. The van der Waals surface area contributed by atoms with E-state index in [4.69, 9.17) is 24.1 Å². The molecule has 0 unspecified atom stereocenters. The summed E-state index contributed by atoms with van der Waals surface area (Å²) in [5.41, 5.74) is -2.64. The molecular weight excluding hydrogens is 1570 g/mol. The summed E-state index contributed by atoms with van der Waals surface area (Å²) >= 11 is 0. The van der Waals surface area contributed by atoms with E-state index in [1.807, 2.05) is 0 Å². The number of ether oxygens (including phenoxy) is 10. The molecule has 0 atom stereocenters. The highest BCUT2D eigenvalue weighted by molar-refractivity contribution is 6.03. The van der Waals surface area contributed by atoms with Gasteiger partial charge in [-0.1, -0.05) is 0 Å². The van der Waals surface area contributed by atoms with Gasteiger partial charge in [0.1, 0.15) is 68.2 Å². The molecule has 2 aliphatic rings. The van der Waals surface area contributed by atoms with Crippen LogP contribution in [0.2, 0.25) is 0 Å². The number of hydroxylamine groups is 4. The molecular formula is C70H108N10O37. The maximum atomic E-state index is 12.4. The maximum Gasteiger partial charge on any atom is 0.352 e. The van der Waals surface area contributed by atoms with Gasteiger partial charge in [0.05, 0.1) is 101 Å². The SMILES string of the molecule is CC(C)(C)OC(=O)CCC(=O)NCC(=O)ON1C(=O)CCC1=O.COC(=O)CN(CC(=O)O)C(=O)CNC(=O)CCC(=O)OC(C)(C)C.COC(=O)CN(CC(=O)OC)C(=O)CNC(=O)CCC(=O)OC(C)(C)C.COC(=O)CN(CC(=O)ON1C(=O)CCC1=O)C(=O)CNC(=O)CCC(=O)OC(C)(C)C.COC(=O)CNCC(=O)OC. The monoisotopic (exact) mass is 1680 g/mol. The topological polar surface area (TPSA) is 617 Å². The van der Waals surface area contributed by atoms with Crippen LogP contribution in [-0.4, -0.2) is 316 Å². The van der Waals surface area contributed by atoms with Gasteiger partial charge in [0.15, 0.2) is 0 Å². The van der Waals surface area contributed by atoms with E-state index in [0.29, 0.717) is 10.1 Å². The van der Waals surface area contributed by atoms with E-state index in [-0.39, 0.29) is 90.1 Å². The first kappa shape index (κ1) is 109. The third kappa shape index (κ3) is 58.2. The highest BCUT2D eigenvalue weighted by Gasteiger charge is 2.36. The second-order valence-electron chi connectivity index (χ2n) is 27.7. The average molecular weight is 1680 g/mol. The first-order valence-corrected chi connectivity index (χ1v) is 35.3. The third-order valence-electron chi connectivity index (χ3n) is 12.9. The first-order valence-electron chi connectivity index (χ1n) is 35.3. The van der Waals surface area contributed by atoms with Gasteiger partial charge < -0.3 is 98.1 Å². The van der Waals surface area contributed by atoms with Crippen LogP contribution in [0.5, 0.6) is 0 Å². The van der Waals surface area contributed by atoms with Crippen molar-refractivity contribution in [1.82, 2.24) is 51.4 Å². The minimum absolute atomic E-state index is 0.00559. The minimum Gasteiger partial charge on any atom is -0.480 e. The van der Waals surface area contributed by atoms with E-state index >= 15 is 0 Å². The van der Waals surface area contributed by atoms with Crippen molar-refractivity contribution >= 4 is 143 Å². The zero-order chi connectivity index (χ0) is 90.7. The molecule has 2 fully saturated rings. The molecule has 0 aromatic carbocycles. The van der Waals surface area contributed by atoms with Crippen molar-refractivity contribution in [1.29, 1.82) is 0 Å². The lowest BCUT2D eigenvalue weighted by molar-refractivity contribution is -0.198. The normalized spacial score (nSPS) is 12.0. The Hall–Kier alpha value is -12.4. The molecule has 0 radical (unpaired) electrons. The molecule has 2 heterocycles. The number of amides is 11. The van der Waals surface area contributed by atoms with Gasteiger partial charge in [-0.25, -0.2) is 9.59 Å². The zero-order valence-electron chi connectivity index (χ0n) is 68.9. The molecule has 0 bridgehead atoms. The summed E-state index contributed by atoms with van der Waals surface area (Å²) in [6.07, 6.45) is -1.56. The van der Waals surface area contributed by atoms with E-state index in [2.05, 4.69) is 64.7 Å². The van der Waals surface area contributed by atoms with E-state index in [1.165, 1.54) is 14.2 Å². The van der Waals surface area contributed by atoms with Crippen molar-refractivity contribution in [3.8, 4) is 0 Å². The molecule has 11 amide bonds. The Morgan fingerprint density at radius 2 is 0.504 bits per heavy atom. The van der Waals surface area contributed by atoms with E-state index in [9.17, 15) is 115 Å². The summed E-state index contributed by atoms with van der Waals surface area (Å²) in [7, 11) is 7.01. The Kier molecular flexibility index (Phi) is 52.1. The number of nitrogens with one attached hydrogen (secondary N) is 5. The number of carboxylic acids is 1. The molecule has 0 spiro atoms. The number of rotatable bonds is 38. The molecule has 0 aliphatic carbocycles. The van der Waals surface area contributed by atoms with Gasteiger partial charge in [-0.2, -0.15) is 0 Å². The third-order valence-corrected chi connectivity index (χ3v) is 12.9. The van der Waals surface area contributed by atoms with Crippen LogP contribution in [0, 0.1) is 0 Å². The van der Waals surface area contributed by atoms with E-state index in [0.717, 1.165) is 43.1 Å². The number of aliphatic carboxylic acids is 1. The van der Waals surface area contributed by atoms with Crippen LogP contribution < -0.4 is 26.6 Å². The number of carbonyl (C=O) groups is 24. The van der Waals surface area contributed by atoms with Gasteiger partial charge in [0.25, 0.3) is 23.6 Å². The van der Waals surface area contributed by atoms with Crippen molar-refractivity contribution in [3.05, 3.63) is 0 Å². The highest BCUT2D eigenvalue weighted by atomic mass is 16.7. The Bertz CT molecular complexity index is 3450. The fourth-order valence-corrected chi connectivity index (χ4v) is 7.70. The van der Waals surface area contributed by atoms with Crippen LogP contribution in [0.25, 0.3) is 0 Å². The van der Waals surface area contributed by atoms with Gasteiger partial charge in [0.2, 0.25) is 41.4 Å². The number of imide groups is 2. The van der Waals surface area contributed by atoms with Crippen LogP contribution in [0.15, 0.2) is 0 Å². The molecule has 0 saturated carbocycles. The van der Waals surface area contributed by atoms with Crippen LogP contribution in [0.1, 0.15) is 160 Å². The van der Waals surface area contributed by atoms with Crippen molar-refractivity contribution < 1.29 is 177 Å². The minimum atomic E-state index is -1.31. The van der Waals surface area contributed by atoms with Crippen LogP contribution in [-0.2, 0) is 172 Å². The number of nitrogens with zero attached hydrogens (tertiary/aromatic N) is 5. The summed E-state index contributed by atoms with van der Waals surface area (Å²) in [4.78, 5) is 287. The lowest BCUT2D eigenvalue weighted by atomic mass is 10.2. The summed E-state index contributed by atoms with van der Waals surface area (Å²) < 4.78 is 46.6.